The summed E-state index contributed by atoms with van der Waals surface area (Å²) in [7, 11) is 0. The predicted molar refractivity (Wildman–Crippen MR) is 77.0 cm³/mol. The maximum atomic E-state index is 6.08. The van der Waals surface area contributed by atoms with E-state index in [-0.39, 0.29) is 18.3 Å². The standard InChI is InChI=1S/C14H20BrNO2/c1-8-4-14(12(15)7-13(8)16)18-11-5-9(2)17-10(3)6-11/h4,7,9-11H,5-6,16H2,1-3H3. The third-order valence-corrected chi connectivity index (χ3v) is 3.89. The first-order valence-corrected chi connectivity index (χ1v) is 7.12. The van der Waals surface area contributed by atoms with Crippen LogP contribution in [0.3, 0.4) is 0 Å². The molecule has 1 aromatic rings. The Hall–Kier alpha value is -0.740. The van der Waals surface area contributed by atoms with Gasteiger partial charge in [0.2, 0.25) is 0 Å². The lowest BCUT2D eigenvalue weighted by Gasteiger charge is -2.32. The van der Waals surface area contributed by atoms with Crippen molar-refractivity contribution in [3.05, 3.63) is 22.2 Å². The lowest BCUT2D eigenvalue weighted by molar-refractivity contribution is -0.0722. The van der Waals surface area contributed by atoms with Gasteiger partial charge in [0.1, 0.15) is 11.9 Å². The number of aryl methyl sites for hydroxylation is 1. The molecule has 2 rings (SSSR count). The van der Waals surface area contributed by atoms with Crippen molar-refractivity contribution in [3.8, 4) is 5.75 Å². The van der Waals surface area contributed by atoms with E-state index >= 15 is 0 Å². The molecule has 3 nitrogen and oxygen atoms in total. The molecule has 0 radical (unpaired) electrons. The lowest BCUT2D eigenvalue weighted by Crippen LogP contribution is -2.35. The van der Waals surface area contributed by atoms with E-state index in [1.54, 1.807) is 0 Å². The number of nitrogen functional groups attached to an aromatic ring is 1. The number of anilines is 1. The minimum absolute atomic E-state index is 0.211. The minimum atomic E-state index is 0.211. The monoisotopic (exact) mass is 313 g/mol. The van der Waals surface area contributed by atoms with Crippen LogP contribution >= 0.6 is 15.9 Å². The third kappa shape index (κ3) is 3.18. The van der Waals surface area contributed by atoms with Crippen molar-refractivity contribution in [3.63, 3.8) is 0 Å². The third-order valence-electron chi connectivity index (χ3n) is 3.27. The number of hydrogen-bond donors (Lipinski definition) is 1. The number of benzene rings is 1. The highest BCUT2D eigenvalue weighted by Gasteiger charge is 2.26. The summed E-state index contributed by atoms with van der Waals surface area (Å²) in [5, 5.41) is 0. The van der Waals surface area contributed by atoms with E-state index in [0.717, 1.165) is 34.3 Å². The minimum Gasteiger partial charge on any atom is -0.489 e. The van der Waals surface area contributed by atoms with E-state index in [0.29, 0.717) is 0 Å². The zero-order chi connectivity index (χ0) is 13.3. The predicted octanol–water partition coefficient (Wildman–Crippen LogP) is 3.67. The van der Waals surface area contributed by atoms with Crippen LogP contribution in [-0.4, -0.2) is 18.3 Å². The first-order valence-electron chi connectivity index (χ1n) is 6.33. The van der Waals surface area contributed by atoms with Crippen molar-refractivity contribution in [2.24, 2.45) is 0 Å². The van der Waals surface area contributed by atoms with Crippen LogP contribution in [0.25, 0.3) is 0 Å². The van der Waals surface area contributed by atoms with Crippen molar-refractivity contribution in [2.45, 2.75) is 51.9 Å². The van der Waals surface area contributed by atoms with E-state index in [9.17, 15) is 0 Å². The Kier molecular flexibility index (Phi) is 4.17. The highest BCUT2D eigenvalue weighted by atomic mass is 79.9. The van der Waals surface area contributed by atoms with Gasteiger partial charge in [-0.05, 0) is 54.4 Å². The fourth-order valence-electron chi connectivity index (χ4n) is 2.38. The Bertz CT molecular complexity index is 426. The summed E-state index contributed by atoms with van der Waals surface area (Å²) in [5.74, 6) is 0.869. The van der Waals surface area contributed by atoms with Gasteiger partial charge in [0, 0.05) is 18.5 Å². The quantitative estimate of drug-likeness (QED) is 0.847. The fourth-order valence-corrected chi connectivity index (χ4v) is 2.84. The summed E-state index contributed by atoms with van der Waals surface area (Å²) in [5.41, 5.74) is 7.68. The second-order valence-corrected chi connectivity index (χ2v) is 5.96. The number of rotatable bonds is 2. The number of ether oxygens (including phenoxy) is 2. The molecule has 1 aliphatic heterocycles. The normalized spacial score (nSPS) is 28.1. The van der Waals surface area contributed by atoms with Crippen LogP contribution in [-0.2, 0) is 4.74 Å². The molecule has 0 spiro atoms. The molecule has 4 heteroatoms. The van der Waals surface area contributed by atoms with Gasteiger partial charge in [-0.3, -0.25) is 0 Å². The molecule has 0 bridgehead atoms. The molecule has 100 valence electrons. The van der Waals surface area contributed by atoms with E-state index in [1.165, 1.54) is 0 Å². The molecule has 0 aromatic heterocycles. The molecular weight excluding hydrogens is 294 g/mol. The molecule has 2 unspecified atom stereocenters. The van der Waals surface area contributed by atoms with Gasteiger partial charge in [-0.1, -0.05) is 0 Å². The zero-order valence-electron chi connectivity index (χ0n) is 11.1. The lowest BCUT2D eigenvalue weighted by atomic mass is 10.0. The zero-order valence-corrected chi connectivity index (χ0v) is 12.7. The van der Waals surface area contributed by atoms with Crippen LogP contribution in [0.4, 0.5) is 5.69 Å². The largest absolute Gasteiger partial charge is 0.489 e. The van der Waals surface area contributed by atoms with Gasteiger partial charge in [-0.15, -0.1) is 0 Å². The number of nitrogens with two attached hydrogens (primary N) is 1. The van der Waals surface area contributed by atoms with Crippen molar-refractivity contribution in [2.75, 3.05) is 5.73 Å². The van der Waals surface area contributed by atoms with Gasteiger partial charge in [-0.25, -0.2) is 0 Å². The molecular formula is C14H20BrNO2. The van der Waals surface area contributed by atoms with Crippen molar-refractivity contribution in [1.82, 2.24) is 0 Å². The van der Waals surface area contributed by atoms with Gasteiger partial charge in [0.15, 0.2) is 0 Å². The molecule has 1 aromatic carbocycles. The SMILES string of the molecule is Cc1cc(OC2CC(C)OC(C)C2)c(Br)cc1N. The average molecular weight is 314 g/mol. The molecule has 1 fully saturated rings. The van der Waals surface area contributed by atoms with Crippen molar-refractivity contribution >= 4 is 21.6 Å². The highest BCUT2D eigenvalue weighted by molar-refractivity contribution is 9.10. The Morgan fingerprint density at radius 2 is 1.89 bits per heavy atom. The van der Waals surface area contributed by atoms with Gasteiger partial charge in [0.05, 0.1) is 16.7 Å². The molecule has 0 amide bonds. The fraction of sp³-hybridized carbons (Fsp3) is 0.571. The van der Waals surface area contributed by atoms with E-state index in [1.807, 2.05) is 19.1 Å². The van der Waals surface area contributed by atoms with Crippen LogP contribution in [0.2, 0.25) is 0 Å². The molecule has 0 aliphatic carbocycles. The van der Waals surface area contributed by atoms with Crippen LogP contribution in [0, 0.1) is 6.92 Å². The second-order valence-electron chi connectivity index (χ2n) is 5.11. The number of halogens is 1. The Morgan fingerprint density at radius 3 is 2.50 bits per heavy atom. The van der Waals surface area contributed by atoms with E-state index in [4.69, 9.17) is 15.2 Å². The van der Waals surface area contributed by atoms with Gasteiger partial charge < -0.3 is 15.2 Å². The van der Waals surface area contributed by atoms with E-state index < -0.39 is 0 Å². The van der Waals surface area contributed by atoms with Crippen LogP contribution in [0.1, 0.15) is 32.3 Å². The van der Waals surface area contributed by atoms with Crippen molar-refractivity contribution < 1.29 is 9.47 Å². The molecule has 2 N–H and O–H groups in total. The van der Waals surface area contributed by atoms with Crippen LogP contribution in [0.5, 0.6) is 5.75 Å². The maximum Gasteiger partial charge on any atom is 0.134 e. The van der Waals surface area contributed by atoms with Gasteiger partial charge in [-0.2, -0.15) is 0 Å². The van der Waals surface area contributed by atoms with Crippen LogP contribution in [0.15, 0.2) is 16.6 Å². The summed E-state index contributed by atoms with van der Waals surface area (Å²) < 4.78 is 12.7. The first-order chi connectivity index (χ1) is 8.45. The second kappa shape index (κ2) is 5.49. The molecule has 1 aliphatic rings. The molecule has 0 saturated carbocycles. The molecule has 18 heavy (non-hydrogen) atoms. The highest BCUT2D eigenvalue weighted by Crippen LogP contribution is 2.32. The molecule has 2 atom stereocenters. The summed E-state index contributed by atoms with van der Waals surface area (Å²) >= 11 is 3.50. The molecule has 1 heterocycles. The average Bonchev–Trinajstić information content (AvgIpc) is 2.24. The topological polar surface area (TPSA) is 44.5 Å². The Morgan fingerprint density at radius 1 is 1.28 bits per heavy atom. The smallest absolute Gasteiger partial charge is 0.134 e. The summed E-state index contributed by atoms with van der Waals surface area (Å²) in [6.45, 7) is 6.18. The summed E-state index contributed by atoms with van der Waals surface area (Å²) in [4.78, 5) is 0. The summed E-state index contributed by atoms with van der Waals surface area (Å²) in [6.07, 6.45) is 2.59. The van der Waals surface area contributed by atoms with E-state index in [2.05, 4.69) is 29.8 Å². The van der Waals surface area contributed by atoms with Gasteiger partial charge >= 0.3 is 0 Å². The maximum absolute atomic E-state index is 6.08. The Labute approximate surface area is 117 Å². The number of hydrogen-bond acceptors (Lipinski definition) is 3. The summed E-state index contributed by atoms with van der Waals surface area (Å²) in [6, 6.07) is 3.89. The first kappa shape index (κ1) is 13.7. The van der Waals surface area contributed by atoms with Crippen molar-refractivity contribution in [1.29, 1.82) is 0 Å². The van der Waals surface area contributed by atoms with Gasteiger partial charge in [0.25, 0.3) is 0 Å². The van der Waals surface area contributed by atoms with Crippen LogP contribution < -0.4 is 10.5 Å². The Balaban J connectivity index is 2.11. The molecule has 1 saturated heterocycles.